The van der Waals surface area contributed by atoms with Gasteiger partial charge in [-0.2, -0.15) is 0 Å². The van der Waals surface area contributed by atoms with Crippen molar-refractivity contribution in [1.82, 2.24) is 0 Å². The van der Waals surface area contributed by atoms with E-state index in [0.717, 1.165) is 19.3 Å². The van der Waals surface area contributed by atoms with Gasteiger partial charge in [-0.3, -0.25) is 0 Å². The van der Waals surface area contributed by atoms with Crippen molar-refractivity contribution in [2.75, 3.05) is 6.54 Å². The van der Waals surface area contributed by atoms with Crippen molar-refractivity contribution in [1.29, 1.82) is 0 Å². The molecular formula is C9H17F2N. The van der Waals surface area contributed by atoms with Gasteiger partial charge in [0.05, 0.1) is 0 Å². The number of rotatable bonds is 3. The van der Waals surface area contributed by atoms with Crippen LogP contribution < -0.4 is 5.73 Å². The Hall–Kier alpha value is -0.180. The van der Waals surface area contributed by atoms with Crippen LogP contribution in [0, 0.1) is 11.8 Å². The van der Waals surface area contributed by atoms with Crippen LogP contribution in [0.15, 0.2) is 0 Å². The Bertz CT molecular complexity index is 126. The van der Waals surface area contributed by atoms with Crippen molar-refractivity contribution >= 4 is 0 Å². The summed E-state index contributed by atoms with van der Waals surface area (Å²) in [5, 5.41) is 0. The molecular weight excluding hydrogens is 160 g/mol. The van der Waals surface area contributed by atoms with Gasteiger partial charge in [0.15, 0.2) is 0 Å². The molecule has 3 heteroatoms. The zero-order chi connectivity index (χ0) is 8.97. The molecule has 0 saturated heterocycles. The van der Waals surface area contributed by atoms with E-state index in [1.807, 2.05) is 0 Å². The number of hydrogen-bond acceptors (Lipinski definition) is 1. The second kappa shape index (κ2) is 4.75. The first kappa shape index (κ1) is 9.90. The maximum atomic E-state index is 12.3. The van der Waals surface area contributed by atoms with Crippen LogP contribution in [0.3, 0.4) is 0 Å². The second-order valence-electron chi connectivity index (χ2n) is 3.70. The lowest BCUT2D eigenvalue weighted by Gasteiger charge is -2.28. The van der Waals surface area contributed by atoms with Gasteiger partial charge in [0.2, 0.25) is 6.43 Å². The molecule has 1 fully saturated rings. The summed E-state index contributed by atoms with van der Waals surface area (Å²) in [6.07, 6.45) is 2.25. The Kier molecular flexibility index (Phi) is 3.92. The molecule has 0 aromatic heterocycles. The van der Waals surface area contributed by atoms with E-state index in [1.54, 1.807) is 0 Å². The summed E-state index contributed by atoms with van der Waals surface area (Å²) < 4.78 is 24.6. The molecule has 0 aromatic carbocycles. The van der Waals surface area contributed by atoms with Crippen LogP contribution in [-0.4, -0.2) is 13.0 Å². The smallest absolute Gasteiger partial charge is 0.241 e. The summed E-state index contributed by atoms with van der Waals surface area (Å²) >= 11 is 0. The summed E-state index contributed by atoms with van der Waals surface area (Å²) in [4.78, 5) is 0. The molecule has 0 spiro atoms. The number of alkyl halides is 2. The van der Waals surface area contributed by atoms with Crippen molar-refractivity contribution in [3.8, 4) is 0 Å². The molecule has 0 aliphatic heterocycles. The van der Waals surface area contributed by atoms with E-state index in [9.17, 15) is 8.78 Å². The average molecular weight is 177 g/mol. The molecule has 0 radical (unpaired) electrons. The molecule has 12 heavy (non-hydrogen) atoms. The van der Waals surface area contributed by atoms with Gasteiger partial charge < -0.3 is 5.73 Å². The maximum absolute atomic E-state index is 12.3. The Morgan fingerprint density at radius 2 is 2.08 bits per heavy atom. The zero-order valence-corrected chi connectivity index (χ0v) is 7.31. The Balaban J connectivity index is 2.30. The second-order valence-corrected chi connectivity index (χ2v) is 3.70. The molecule has 1 rings (SSSR count). The third kappa shape index (κ3) is 2.70. The maximum Gasteiger partial charge on any atom is 0.241 e. The van der Waals surface area contributed by atoms with Crippen LogP contribution in [-0.2, 0) is 0 Å². The van der Waals surface area contributed by atoms with Crippen LogP contribution in [0.2, 0.25) is 0 Å². The van der Waals surface area contributed by atoms with Crippen molar-refractivity contribution < 1.29 is 8.78 Å². The lowest BCUT2D eigenvalue weighted by atomic mass is 9.80. The highest BCUT2D eigenvalue weighted by Crippen LogP contribution is 2.34. The Morgan fingerprint density at radius 1 is 1.33 bits per heavy atom. The van der Waals surface area contributed by atoms with Crippen molar-refractivity contribution in [3.05, 3.63) is 0 Å². The lowest BCUT2D eigenvalue weighted by Crippen LogP contribution is -2.22. The molecule has 1 aliphatic carbocycles. The minimum atomic E-state index is -2.12. The highest BCUT2D eigenvalue weighted by atomic mass is 19.3. The predicted octanol–water partition coefficient (Wildman–Crippen LogP) is 2.41. The Labute approximate surface area is 72.3 Å². The van der Waals surface area contributed by atoms with Gasteiger partial charge in [0.25, 0.3) is 0 Å². The summed E-state index contributed by atoms with van der Waals surface area (Å²) in [5.41, 5.74) is 5.39. The minimum Gasteiger partial charge on any atom is -0.330 e. The van der Waals surface area contributed by atoms with E-state index in [-0.39, 0.29) is 5.92 Å². The standard InChI is InChI=1S/C9H17F2N/c10-9(11)8-3-1-2-7(6-8)4-5-12/h7-9H,1-6,12H2. The first-order valence-electron chi connectivity index (χ1n) is 4.72. The number of halogens is 2. The molecule has 1 aliphatic rings. The molecule has 2 N–H and O–H groups in total. The van der Waals surface area contributed by atoms with Crippen molar-refractivity contribution in [2.45, 2.75) is 38.5 Å². The van der Waals surface area contributed by atoms with Gasteiger partial charge >= 0.3 is 0 Å². The average Bonchev–Trinajstić information content (AvgIpc) is 2.05. The zero-order valence-electron chi connectivity index (χ0n) is 7.31. The van der Waals surface area contributed by atoms with Gasteiger partial charge in [0, 0.05) is 5.92 Å². The van der Waals surface area contributed by atoms with E-state index in [2.05, 4.69) is 0 Å². The van der Waals surface area contributed by atoms with Crippen LogP contribution in [0.25, 0.3) is 0 Å². The highest BCUT2D eigenvalue weighted by molar-refractivity contribution is 4.74. The van der Waals surface area contributed by atoms with Crippen molar-refractivity contribution in [2.24, 2.45) is 17.6 Å². The van der Waals surface area contributed by atoms with Gasteiger partial charge in [-0.15, -0.1) is 0 Å². The topological polar surface area (TPSA) is 26.0 Å². The van der Waals surface area contributed by atoms with E-state index in [4.69, 9.17) is 5.73 Å². The summed E-state index contributed by atoms with van der Waals surface area (Å²) in [5.74, 6) is 0.109. The summed E-state index contributed by atoms with van der Waals surface area (Å²) in [6.45, 7) is 0.640. The van der Waals surface area contributed by atoms with Gasteiger partial charge in [0.1, 0.15) is 0 Å². The monoisotopic (exact) mass is 177 g/mol. The first-order chi connectivity index (χ1) is 5.74. The molecule has 2 unspecified atom stereocenters. The quantitative estimate of drug-likeness (QED) is 0.703. The molecule has 1 nitrogen and oxygen atoms in total. The fraction of sp³-hybridized carbons (Fsp3) is 1.00. The van der Waals surface area contributed by atoms with E-state index in [0.29, 0.717) is 25.3 Å². The summed E-state index contributed by atoms with van der Waals surface area (Å²) in [6, 6.07) is 0. The highest BCUT2D eigenvalue weighted by Gasteiger charge is 2.27. The molecule has 72 valence electrons. The largest absolute Gasteiger partial charge is 0.330 e. The van der Waals surface area contributed by atoms with Crippen molar-refractivity contribution in [3.63, 3.8) is 0 Å². The molecule has 0 heterocycles. The summed E-state index contributed by atoms with van der Waals surface area (Å²) in [7, 11) is 0. The molecule has 1 saturated carbocycles. The Morgan fingerprint density at radius 3 is 2.67 bits per heavy atom. The fourth-order valence-corrected chi connectivity index (χ4v) is 2.06. The number of nitrogens with two attached hydrogens (primary N) is 1. The fourth-order valence-electron chi connectivity index (χ4n) is 2.06. The molecule has 0 aromatic rings. The van der Waals surface area contributed by atoms with Crippen LogP contribution in [0.5, 0.6) is 0 Å². The minimum absolute atomic E-state index is 0.352. The normalized spacial score (nSPS) is 31.0. The van der Waals surface area contributed by atoms with Crippen LogP contribution in [0.4, 0.5) is 8.78 Å². The van der Waals surface area contributed by atoms with Gasteiger partial charge in [-0.05, 0) is 31.7 Å². The van der Waals surface area contributed by atoms with E-state index in [1.165, 1.54) is 0 Å². The SMILES string of the molecule is NCCC1CCCC(C(F)F)C1. The predicted molar refractivity (Wildman–Crippen MR) is 45.1 cm³/mol. The third-order valence-electron chi connectivity index (χ3n) is 2.75. The van der Waals surface area contributed by atoms with E-state index >= 15 is 0 Å². The van der Waals surface area contributed by atoms with Gasteiger partial charge in [-0.1, -0.05) is 12.8 Å². The van der Waals surface area contributed by atoms with Crippen LogP contribution in [0.1, 0.15) is 32.1 Å². The number of hydrogen-bond donors (Lipinski definition) is 1. The third-order valence-corrected chi connectivity index (χ3v) is 2.75. The lowest BCUT2D eigenvalue weighted by molar-refractivity contribution is 0.0411. The molecule has 0 amide bonds. The van der Waals surface area contributed by atoms with E-state index < -0.39 is 6.43 Å². The van der Waals surface area contributed by atoms with Gasteiger partial charge in [-0.25, -0.2) is 8.78 Å². The molecule has 2 atom stereocenters. The van der Waals surface area contributed by atoms with Crippen LogP contribution >= 0.6 is 0 Å². The first-order valence-corrected chi connectivity index (χ1v) is 4.72. The molecule has 0 bridgehead atoms.